The topological polar surface area (TPSA) is 39.0 Å². The SMILES string of the molecule is CC1(C)c2ccccc2-c2ccc3c(nc4n3c3cccc5c3n4c3nc4ccc6ccccc6c4n53)c21. The normalized spacial score (nSPS) is 14.8. The molecule has 0 atom stereocenters. The van der Waals surface area contributed by atoms with Gasteiger partial charge >= 0.3 is 0 Å². The third kappa shape index (κ3) is 1.92. The number of benzene rings is 5. The Labute approximate surface area is 216 Å². The highest BCUT2D eigenvalue weighted by Gasteiger charge is 2.38. The fourth-order valence-corrected chi connectivity index (χ4v) is 7.38. The van der Waals surface area contributed by atoms with Gasteiger partial charge in [-0.15, -0.1) is 0 Å². The second-order valence-electron chi connectivity index (χ2n) is 11.2. The molecule has 5 aromatic carbocycles. The molecule has 0 spiro atoms. The van der Waals surface area contributed by atoms with Gasteiger partial charge in [-0.05, 0) is 51.9 Å². The molecule has 0 bridgehead atoms. The van der Waals surface area contributed by atoms with Crippen molar-refractivity contribution in [2.75, 3.05) is 0 Å². The third-order valence-electron chi connectivity index (χ3n) is 8.95. The zero-order chi connectivity index (χ0) is 24.9. The molecule has 38 heavy (non-hydrogen) atoms. The summed E-state index contributed by atoms with van der Waals surface area (Å²) in [5, 5.41) is 2.44. The van der Waals surface area contributed by atoms with Gasteiger partial charge < -0.3 is 0 Å². The van der Waals surface area contributed by atoms with Crippen LogP contribution < -0.4 is 0 Å². The lowest BCUT2D eigenvalue weighted by molar-refractivity contribution is 0.665. The van der Waals surface area contributed by atoms with Crippen molar-refractivity contribution in [2.24, 2.45) is 0 Å². The molecule has 5 nitrogen and oxygen atoms in total. The van der Waals surface area contributed by atoms with Gasteiger partial charge in [0.2, 0.25) is 11.6 Å². The van der Waals surface area contributed by atoms with Gasteiger partial charge in [-0.1, -0.05) is 80.6 Å². The molecule has 1 aliphatic carbocycles. The molecule has 0 saturated heterocycles. The summed E-state index contributed by atoms with van der Waals surface area (Å²) in [6.07, 6.45) is 0. The van der Waals surface area contributed by atoms with E-state index in [1.165, 1.54) is 33.0 Å². The van der Waals surface area contributed by atoms with E-state index in [4.69, 9.17) is 9.97 Å². The molecule has 0 radical (unpaired) electrons. The minimum atomic E-state index is -0.122. The average molecular weight is 488 g/mol. The van der Waals surface area contributed by atoms with Gasteiger partial charge in [0.15, 0.2) is 0 Å². The van der Waals surface area contributed by atoms with Gasteiger partial charge in [-0.3, -0.25) is 8.80 Å². The number of para-hydroxylation sites is 1. The fraction of sp³-hybridized carbons (Fsp3) is 0.0909. The Bertz CT molecular complexity index is 2480. The molecule has 0 amide bonds. The molecule has 0 N–H and O–H groups in total. The van der Waals surface area contributed by atoms with E-state index in [0.29, 0.717) is 0 Å². The first-order valence-corrected chi connectivity index (χ1v) is 13.1. The predicted octanol–water partition coefficient (Wildman–Crippen LogP) is 7.59. The van der Waals surface area contributed by atoms with Crippen molar-refractivity contribution in [1.29, 1.82) is 0 Å². The number of hydrogen-bond donors (Lipinski definition) is 0. The second kappa shape index (κ2) is 5.97. The third-order valence-corrected chi connectivity index (χ3v) is 8.95. The van der Waals surface area contributed by atoms with Crippen LogP contribution in [0.3, 0.4) is 0 Å². The van der Waals surface area contributed by atoms with Crippen LogP contribution in [-0.2, 0) is 5.41 Å². The van der Waals surface area contributed by atoms with Gasteiger partial charge in [0, 0.05) is 10.8 Å². The molecule has 4 aromatic heterocycles. The predicted molar refractivity (Wildman–Crippen MR) is 154 cm³/mol. The monoisotopic (exact) mass is 487 g/mol. The number of fused-ring (bicyclic) bond motifs is 16. The van der Waals surface area contributed by atoms with Crippen LogP contribution in [0.15, 0.2) is 91.0 Å². The number of imidazole rings is 4. The van der Waals surface area contributed by atoms with E-state index in [2.05, 4.69) is 118 Å². The molecule has 4 heterocycles. The van der Waals surface area contributed by atoms with Crippen molar-refractivity contribution < 1.29 is 0 Å². The maximum atomic E-state index is 5.41. The first-order chi connectivity index (χ1) is 18.6. The van der Waals surface area contributed by atoms with E-state index >= 15 is 0 Å². The van der Waals surface area contributed by atoms with Crippen molar-refractivity contribution in [3.05, 3.63) is 102 Å². The van der Waals surface area contributed by atoms with Crippen LogP contribution in [0.5, 0.6) is 0 Å². The summed E-state index contributed by atoms with van der Waals surface area (Å²) >= 11 is 0. The number of hydrogen-bond acceptors (Lipinski definition) is 2. The lowest BCUT2D eigenvalue weighted by Crippen LogP contribution is -2.15. The molecular formula is C33H21N5. The minimum absolute atomic E-state index is 0.122. The highest BCUT2D eigenvalue weighted by Crippen LogP contribution is 2.51. The Balaban J connectivity index is 1.43. The zero-order valence-corrected chi connectivity index (χ0v) is 20.9. The number of aromatic nitrogens is 5. The molecule has 5 heteroatoms. The summed E-state index contributed by atoms with van der Waals surface area (Å²) in [6.45, 7) is 4.65. The number of nitrogens with zero attached hydrogens (tertiary/aromatic N) is 5. The second-order valence-corrected chi connectivity index (χ2v) is 11.2. The smallest absolute Gasteiger partial charge is 0.223 e. The van der Waals surface area contributed by atoms with E-state index < -0.39 is 0 Å². The van der Waals surface area contributed by atoms with E-state index in [1.807, 2.05) is 0 Å². The molecule has 0 fully saturated rings. The number of rotatable bonds is 0. The minimum Gasteiger partial charge on any atom is -0.276 e. The molecule has 178 valence electrons. The lowest BCUT2D eigenvalue weighted by Gasteiger charge is -2.21. The highest BCUT2D eigenvalue weighted by atomic mass is 15.3. The molecule has 0 aliphatic heterocycles. The van der Waals surface area contributed by atoms with Crippen LogP contribution in [0.2, 0.25) is 0 Å². The molecular weight excluding hydrogens is 466 g/mol. The standard InChI is InChI=1S/C33H21N5/c1-33(2)22-11-6-5-10-20(22)21-15-17-24-28(27(21)33)35-32-36(24)25-12-7-13-26-30(25)38(32)31-34-23-16-14-18-8-3-4-9-19(18)29(23)37(26)31/h3-17H,1-2H3. The van der Waals surface area contributed by atoms with Gasteiger partial charge in [-0.25, -0.2) is 14.4 Å². The Hall–Kier alpha value is -4.90. The maximum absolute atomic E-state index is 5.41. The van der Waals surface area contributed by atoms with Crippen molar-refractivity contribution in [1.82, 2.24) is 23.2 Å². The van der Waals surface area contributed by atoms with Gasteiger partial charge in [0.05, 0.1) is 33.1 Å². The van der Waals surface area contributed by atoms with Crippen LogP contribution in [0.4, 0.5) is 0 Å². The summed E-state index contributed by atoms with van der Waals surface area (Å²) in [5.74, 6) is 1.83. The fourth-order valence-electron chi connectivity index (χ4n) is 7.38. The van der Waals surface area contributed by atoms with Crippen molar-refractivity contribution in [3.8, 4) is 11.1 Å². The Morgan fingerprint density at radius 1 is 0.579 bits per heavy atom. The zero-order valence-electron chi connectivity index (χ0n) is 20.9. The summed E-state index contributed by atoms with van der Waals surface area (Å²) in [4.78, 5) is 10.6. The van der Waals surface area contributed by atoms with E-state index in [1.54, 1.807) is 0 Å². The van der Waals surface area contributed by atoms with E-state index in [0.717, 1.165) is 50.2 Å². The largest absolute Gasteiger partial charge is 0.276 e. The first kappa shape index (κ1) is 19.2. The molecule has 1 aliphatic rings. The Morgan fingerprint density at radius 2 is 1.37 bits per heavy atom. The molecule has 0 saturated carbocycles. The highest BCUT2D eigenvalue weighted by molar-refractivity contribution is 6.10. The maximum Gasteiger partial charge on any atom is 0.223 e. The van der Waals surface area contributed by atoms with Crippen LogP contribution in [-0.4, -0.2) is 23.2 Å². The molecule has 0 unspecified atom stereocenters. The van der Waals surface area contributed by atoms with Gasteiger partial charge in [0.25, 0.3) is 0 Å². The summed E-state index contributed by atoms with van der Waals surface area (Å²) in [7, 11) is 0. The Morgan fingerprint density at radius 3 is 2.29 bits per heavy atom. The van der Waals surface area contributed by atoms with E-state index in [-0.39, 0.29) is 5.41 Å². The average Bonchev–Trinajstić information content (AvgIpc) is 3.70. The summed E-state index contributed by atoms with van der Waals surface area (Å²) in [6, 6.07) is 32.8. The summed E-state index contributed by atoms with van der Waals surface area (Å²) < 4.78 is 6.92. The van der Waals surface area contributed by atoms with Crippen molar-refractivity contribution in [3.63, 3.8) is 0 Å². The lowest BCUT2D eigenvalue weighted by atomic mass is 9.82. The molecule has 9 aromatic rings. The summed E-state index contributed by atoms with van der Waals surface area (Å²) in [5.41, 5.74) is 13.0. The van der Waals surface area contributed by atoms with Crippen LogP contribution >= 0.6 is 0 Å². The van der Waals surface area contributed by atoms with E-state index in [9.17, 15) is 0 Å². The van der Waals surface area contributed by atoms with Crippen LogP contribution in [0.25, 0.3) is 72.1 Å². The Kier molecular flexibility index (Phi) is 3.02. The van der Waals surface area contributed by atoms with Crippen molar-refractivity contribution in [2.45, 2.75) is 19.3 Å². The van der Waals surface area contributed by atoms with Crippen LogP contribution in [0, 0.1) is 0 Å². The quantitative estimate of drug-likeness (QED) is 0.221. The van der Waals surface area contributed by atoms with Gasteiger partial charge in [-0.2, -0.15) is 0 Å². The van der Waals surface area contributed by atoms with Crippen LogP contribution in [0.1, 0.15) is 25.0 Å². The van der Waals surface area contributed by atoms with Gasteiger partial charge in [0.1, 0.15) is 5.52 Å². The molecule has 10 rings (SSSR count). The first-order valence-electron chi connectivity index (χ1n) is 13.1. The van der Waals surface area contributed by atoms with Crippen molar-refractivity contribution >= 4 is 60.9 Å².